The van der Waals surface area contributed by atoms with Crippen molar-refractivity contribution in [3.63, 3.8) is 0 Å². The second-order valence-electron chi connectivity index (χ2n) is 10.8. The lowest BCUT2D eigenvalue weighted by Crippen LogP contribution is -2.21. The highest BCUT2D eigenvalue weighted by Crippen LogP contribution is 2.42. The number of hydrogen-bond acceptors (Lipinski definition) is 9. The van der Waals surface area contributed by atoms with Crippen molar-refractivity contribution in [1.29, 1.82) is 0 Å². The number of ether oxygens (including phenoxy) is 3. The van der Waals surface area contributed by atoms with Crippen LogP contribution in [0.3, 0.4) is 0 Å². The van der Waals surface area contributed by atoms with Gasteiger partial charge in [-0.1, -0.05) is 17.7 Å². The number of halogens is 1. The number of nitrogens with zero attached hydrogens (tertiary/aromatic N) is 5. The van der Waals surface area contributed by atoms with E-state index >= 15 is 0 Å². The van der Waals surface area contributed by atoms with Gasteiger partial charge < -0.3 is 23.9 Å². The highest BCUT2D eigenvalue weighted by atomic mass is 35.5. The number of fused-ring (bicyclic) bond motifs is 1. The second-order valence-corrected chi connectivity index (χ2v) is 12.2. The minimum Gasteiger partial charge on any atom is -0.469 e. The van der Waals surface area contributed by atoms with Crippen LogP contribution in [-0.4, -0.2) is 62.0 Å². The number of rotatable bonds is 11. The maximum Gasteiger partial charge on any atom is 0.354 e. The number of aromatic nitrogens is 5. The molecule has 1 saturated heterocycles. The normalized spacial score (nSPS) is 15.2. The van der Waals surface area contributed by atoms with E-state index in [0.29, 0.717) is 46.5 Å². The second kappa shape index (κ2) is 13.8. The van der Waals surface area contributed by atoms with Gasteiger partial charge in [-0.15, -0.1) is 11.8 Å². The number of aliphatic hydroxyl groups is 1. The molecule has 1 aromatic carbocycles. The fourth-order valence-electron chi connectivity index (χ4n) is 5.97. The summed E-state index contributed by atoms with van der Waals surface area (Å²) in [4.78, 5) is 25.0. The first-order valence-electron chi connectivity index (χ1n) is 14.5. The number of thioether (sulfide) groups is 1. The van der Waals surface area contributed by atoms with Crippen molar-refractivity contribution in [1.82, 2.24) is 24.1 Å². The van der Waals surface area contributed by atoms with E-state index in [1.807, 2.05) is 48.6 Å². The number of hydrogen-bond donors (Lipinski definition) is 1. The molecule has 3 aromatic heterocycles. The number of aryl methyl sites for hydroxylation is 3. The van der Waals surface area contributed by atoms with Gasteiger partial charge >= 0.3 is 11.9 Å². The minimum atomic E-state index is -0.495. The van der Waals surface area contributed by atoms with Gasteiger partial charge in [-0.25, -0.2) is 9.48 Å². The highest BCUT2D eigenvalue weighted by molar-refractivity contribution is 7.97. The van der Waals surface area contributed by atoms with E-state index in [-0.39, 0.29) is 25.2 Å². The Morgan fingerprint density at radius 1 is 1.14 bits per heavy atom. The Morgan fingerprint density at radius 2 is 1.93 bits per heavy atom. The predicted octanol–water partition coefficient (Wildman–Crippen LogP) is 5.25. The summed E-state index contributed by atoms with van der Waals surface area (Å²) in [6.07, 6.45) is 3.31. The lowest BCUT2D eigenvalue weighted by Gasteiger charge is -2.24. The van der Waals surface area contributed by atoms with Crippen molar-refractivity contribution >= 4 is 46.2 Å². The molecule has 1 N–H and O–H groups in total. The van der Waals surface area contributed by atoms with Crippen molar-refractivity contribution in [3.8, 4) is 11.1 Å². The summed E-state index contributed by atoms with van der Waals surface area (Å²) in [7, 11) is 6.40. The molecular formula is C31H38ClN5O6S. The molecule has 0 bridgehead atoms. The Kier molecular flexibility index (Phi) is 10.0. The molecule has 1 unspecified atom stereocenters. The van der Waals surface area contributed by atoms with E-state index in [2.05, 4.69) is 5.10 Å². The maximum absolute atomic E-state index is 13.0. The van der Waals surface area contributed by atoms with E-state index in [9.17, 15) is 14.7 Å². The Bertz CT molecular complexity index is 1690. The molecular weight excluding hydrogens is 606 g/mol. The van der Waals surface area contributed by atoms with Crippen molar-refractivity contribution in [2.45, 2.75) is 63.4 Å². The summed E-state index contributed by atoms with van der Waals surface area (Å²) >= 11 is 8.64. The number of carbonyl (C=O) groups excluding carboxylic acids is 2. The average Bonchev–Trinajstić information content (AvgIpc) is 3.67. The Balaban J connectivity index is 1.53. The zero-order valence-electron chi connectivity index (χ0n) is 25.7. The Morgan fingerprint density at radius 3 is 2.61 bits per heavy atom. The number of benzene rings is 1. The van der Waals surface area contributed by atoms with Crippen LogP contribution in [0.4, 0.5) is 0 Å². The largest absolute Gasteiger partial charge is 0.469 e. The molecule has 5 rings (SSSR count). The van der Waals surface area contributed by atoms with Crippen LogP contribution in [0.15, 0.2) is 18.2 Å². The molecule has 4 heterocycles. The van der Waals surface area contributed by atoms with Crippen molar-refractivity contribution in [2.75, 3.05) is 20.8 Å². The zero-order valence-corrected chi connectivity index (χ0v) is 27.3. The first-order chi connectivity index (χ1) is 21.2. The van der Waals surface area contributed by atoms with Crippen LogP contribution in [0.25, 0.3) is 22.0 Å². The van der Waals surface area contributed by atoms with Crippen LogP contribution in [0.2, 0.25) is 5.02 Å². The van der Waals surface area contributed by atoms with E-state index in [4.69, 9.17) is 30.9 Å². The van der Waals surface area contributed by atoms with Gasteiger partial charge in [-0.05, 0) is 50.3 Å². The van der Waals surface area contributed by atoms with Crippen molar-refractivity contribution in [2.24, 2.45) is 14.1 Å². The molecule has 0 amide bonds. The summed E-state index contributed by atoms with van der Waals surface area (Å²) in [6, 6.07) is 5.64. The fourth-order valence-corrected chi connectivity index (χ4v) is 7.14. The number of aliphatic hydroxyl groups excluding tert-OH is 1. The monoisotopic (exact) mass is 643 g/mol. The van der Waals surface area contributed by atoms with Gasteiger partial charge in [-0.3, -0.25) is 9.48 Å². The van der Waals surface area contributed by atoms with Crippen LogP contribution in [0.1, 0.15) is 70.7 Å². The van der Waals surface area contributed by atoms with E-state index in [1.165, 1.54) is 14.2 Å². The topological polar surface area (TPSA) is 123 Å². The van der Waals surface area contributed by atoms with Gasteiger partial charge in [0.05, 0.1) is 48.4 Å². The molecule has 11 nitrogen and oxygen atoms in total. The molecule has 1 atom stereocenters. The Labute approximate surface area is 265 Å². The third-order valence-electron chi connectivity index (χ3n) is 8.19. The molecule has 0 aliphatic carbocycles. The van der Waals surface area contributed by atoms with Crippen molar-refractivity contribution < 1.29 is 28.9 Å². The summed E-state index contributed by atoms with van der Waals surface area (Å²) in [6.45, 7) is 2.57. The van der Waals surface area contributed by atoms with E-state index in [1.54, 1.807) is 16.3 Å². The molecule has 1 aliphatic heterocycles. The van der Waals surface area contributed by atoms with Crippen LogP contribution < -0.4 is 0 Å². The predicted molar refractivity (Wildman–Crippen MR) is 169 cm³/mol. The quantitative estimate of drug-likeness (QED) is 0.218. The molecule has 13 heteroatoms. The lowest BCUT2D eigenvalue weighted by molar-refractivity contribution is -0.140. The number of methoxy groups -OCH3 is 2. The smallest absolute Gasteiger partial charge is 0.354 e. The standard InChI is InChI=1S/C31H38ClN5O6S/c1-18-27(24(34-36(18)3)17-44-16-20-14-19(15-38)33-37(20)25-8-6-7-13-43-25)28-23(32)11-9-21-22(10-12-26(39)41-4)30(31(40)42-5)35(2)29(21)28/h9,11,14,25,38H,6-8,10,12-13,15-17H2,1-5H3. The molecule has 1 fully saturated rings. The maximum atomic E-state index is 13.0. The summed E-state index contributed by atoms with van der Waals surface area (Å²) in [5.74, 6) is 0.370. The zero-order chi connectivity index (χ0) is 31.5. The molecule has 0 radical (unpaired) electrons. The summed E-state index contributed by atoms with van der Waals surface area (Å²) in [5.41, 5.74) is 6.88. The van der Waals surface area contributed by atoms with Crippen molar-refractivity contribution in [3.05, 3.63) is 57.3 Å². The van der Waals surface area contributed by atoms with Crippen LogP contribution in [0.5, 0.6) is 0 Å². The number of esters is 2. The molecule has 0 saturated carbocycles. The Hall–Kier alpha value is -3.32. The van der Waals surface area contributed by atoms with Gasteiger partial charge in [0.15, 0.2) is 0 Å². The van der Waals surface area contributed by atoms with Gasteiger partial charge in [-0.2, -0.15) is 10.2 Å². The lowest BCUT2D eigenvalue weighted by atomic mass is 9.98. The first-order valence-corrected chi connectivity index (χ1v) is 16.1. The van der Waals surface area contributed by atoms with Crippen LogP contribution in [0, 0.1) is 6.92 Å². The SMILES string of the molecule is COC(=O)CCc1c(C(=O)OC)n(C)c2c(-c3c(CSCc4cc(CO)nn4C4CCCCO4)nn(C)c3C)c(Cl)ccc12. The fraction of sp³-hybridized carbons (Fsp3) is 0.484. The van der Waals surface area contributed by atoms with Gasteiger partial charge in [0.2, 0.25) is 0 Å². The highest BCUT2D eigenvalue weighted by Gasteiger charge is 2.28. The summed E-state index contributed by atoms with van der Waals surface area (Å²) < 4.78 is 21.5. The molecule has 44 heavy (non-hydrogen) atoms. The van der Waals surface area contributed by atoms with Crippen LogP contribution in [-0.2, 0) is 57.6 Å². The third-order valence-corrected chi connectivity index (χ3v) is 9.49. The molecule has 236 valence electrons. The average molecular weight is 644 g/mol. The molecule has 0 spiro atoms. The van der Waals surface area contributed by atoms with Crippen LogP contribution >= 0.6 is 23.4 Å². The number of carbonyl (C=O) groups is 2. The first kappa shape index (κ1) is 32.1. The molecule has 4 aromatic rings. The third kappa shape index (κ3) is 6.13. The van der Waals surface area contributed by atoms with Gasteiger partial charge in [0.1, 0.15) is 11.9 Å². The summed E-state index contributed by atoms with van der Waals surface area (Å²) in [5, 5.41) is 20.6. The minimum absolute atomic E-state index is 0.117. The van der Waals surface area contributed by atoms with Gasteiger partial charge in [0, 0.05) is 60.8 Å². The van der Waals surface area contributed by atoms with Gasteiger partial charge in [0.25, 0.3) is 0 Å². The van der Waals surface area contributed by atoms with E-state index in [0.717, 1.165) is 58.4 Å². The molecule has 1 aliphatic rings. The van der Waals surface area contributed by atoms with E-state index < -0.39 is 5.97 Å².